The summed E-state index contributed by atoms with van der Waals surface area (Å²) >= 11 is 0. The van der Waals surface area contributed by atoms with Gasteiger partial charge in [0.15, 0.2) is 0 Å². The minimum Gasteiger partial charge on any atom is -0.295 e. The van der Waals surface area contributed by atoms with Crippen LogP contribution in [0.15, 0.2) is 67.0 Å². The molecule has 8 heteroatoms. The number of alkyl halides is 3. The van der Waals surface area contributed by atoms with Gasteiger partial charge in [-0.3, -0.25) is 18.7 Å². The average molecular weight is 648 g/mol. The summed E-state index contributed by atoms with van der Waals surface area (Å²) in [6.45, 7) is 3.74. The van der Waals surface area contributed by atoms with Crippen molar-refractivity contribution in [1.29, 1.82) is 0 Å². The van der Waals surface area contributed by atoms with E-state index in [1.54, 1.807) is 24.4 Å². The van der Waals surface area contributed by atoms with Gasteiger partial charge in [0, 0.05) is 35.0 Å². The molecular formula is C26H17F5N2Pt. The van der Waals surface area contributed by atoms with E-state index in [0.717, 1.165) is 0 Å². The SMILES string of the molecule is CC(C)(c1[c-]c(-c2[c-]c(-c3ccccn3)c(F)c(C(F)(F)F)c2F)ccc1)c1ccccn1.[Pt+2]. The van der Waals surface area contributed by atoms with Crippen molar-refractivity contribution in [3.8, 4) is 22.4 Å². The van der Waals surface area contributed by atoms with Crippen molar-refractivity contribution in [3.63, 3.8) is 0 Å². The zero-order chi connectivity index (χ0) is 23.8. The van der Waals surface area contributed by atoms with Gasteiger partial charge in [-0.1, -0.05) is 37.6 Å². The van der Waals surface area contributed by atoms with Crippen molar-refractivity contribution in [3.05, 3.63) is 108 Å². The number of halogens is 5. The molecule has 0 fully saturated rings. The van der Waals surface area contributed by atoms with E-state index < -0.39 is 39.9 Å². The Balaban J connectivity index is 0.00000324. The first-order chi connectivity index (χ1) is 15.6. The Bertz CT molecular complexity index is 1290. The molecule has 0 aliphatic carbocycles. The fraction of sp³-hybridized carbons (Fsp3) is 0.154. The molecule has 34 heavy (non-hydrogen) atoms. The van der Waals surface area contributed by atoms with Crippen LogP contribution < -0.4 is 0 Å². The third kappa shape index (κ3) is 4.80. The molecule has 2 aromatic carbocycles. The molecule has 0 atom stereocenters. The molecule has 4 rings (SSSR count). The fourth-order valence-corrected chi connectivity index (χ4v) is 3.55. The van der Waals surface area contributed by atoms with Crippen molar-refractivity contribution in [2.45, 2.75) is 25.4 Å². The number of aromatic nitrogens is 2. The van der Waals surface area contributed by atoms with Crippen LogP contribution in [0.2, 0.25) is 0 Å². The fourth-order valence-electron chi connectivity index (χ4n) is 3.55. The molecule has 0 unspecified atom stereocenters. The molecule has 2 aromatic heterocycles. The summed E-state index contributed by atoms with van der Waals surface area (Å²) in [5, 5.41) is 0. The number of hydrogen-bond acceptors (Lipinski definition) is 2. The minimum atomic E-state index is -5.26. The van der Waals surface area contributed by atoms with Crippen molar-refractivity contribution < 1.29 is 43.0 Å². The molecule has 0 N–H and O–H groups in total. The summed E-state index contributed by atoms with van der Waals surface area (Å²) in [6.07, 6.45) is -2.32. The van der Waals surface area contributed by atoms with E-state index in [1.165, 1.54) is 30.5 Å². The summed E-state index contributed by atoms with van der Waals surface area (Å²) < 4.78 is 70.9. The predicted octanol–water partition coefficient (Wildman–Crippen LogP) is 7.03. The van der Waals surface area contributed by atoms with E-state index in [4.69, 9.17) is 0 Å². The first-order valence-electron chi connectivity index (χ1n) is 9.98. The molecule has 176 valence electrons. The predicted molar refractivity (Wildman–Crippen MR) is 114 cm³/mol. The van der Waals surface area contributed by atoms with Crippen LogP contribution in [0, 0.1) is 23.8 Å². The Morgan fingerprint density at radius 2 is 1.38 bits per heavy atom. The molecule has 4 aromatic rings. The normalized spacial score (nSPS) is 11.7. The number of pyridine rings is 2. The molecule has 0 saturated heterocycles. The monoisotopic (exact) mass is 647 g/mol. The van der Waals surface area contributed by atoms with E-state index in [0.29, 0.717) is 11.3 Å². The zero-order valence-corrected chi connectivity index (χ0v) is 20.2. The summed E-state index contributed by atoms with van der Waals surface area (Å²) in [6, 6.07) is 20.0. The van der Waals surface area contributed by atoms with Gasteiger partial charge >= 0.3 is 27.2 Å². The van der Waals surface area contributed by atoms with Crippen LogP contribution in [0.4, 0.5) is 22.0 Å². The van der Waals surface area contributed by atoms with E-state index in [9.17, 15) is 17.6 Å². The molecule has 2 heterocycles. The summed E-state index contributed by atoms with van der Waals surface area (Å²) in [4.78, 5) is 8.26. The standard InChI is InChI=1S/C26H17F5N2.Pt/c1-25(2,21-11-4-6-13-33-21)17-9-7-8-16(14-17)18-15-19(20-10-3-5-12-32-20)24(28)22(23(18)27)26(29,30)31;/h3-13H,1-2H3;/q-2;+2. The van der Waals surface area contributed by atoms with Gasteiger partial charge in [0.25, 0.3) is 0 Å². The Labute approximate surface area is 208 Å². The van der Waals surface area contributed by atoms with Gasteiger partial charge in [0.1, 0.15) is 0 Å². The second kappa shape index (κ2) is 9.75. The van der Waals surface area contributed by atoms with Gasteiger partial charge in [0.2, 0.25) is 0 Å². The van der Waals surface area contributed by atoms with Crippen LogP contribution in [-0.2, 0) is 32.7 Å². The maximum absolute atomic E-state index is 15.1. The number of nitrogens with zero attached hydrogens (tertiary/aromatic N) is 2. The van der Waals surface area contributed by atoms with Crippen LogP contribution in [0.1, 0.15) is 30.7 Å². The Morgan fingerprint density at radius 3 is 1.97 bits per heavy atom. The third-order valence-corrected chi connectivity index (χ3v) is 5.38. The van der Waals surface area contributed by atoms with Gasteiger partial charge in [0.05, 0.1) is 11.4 Å². The number of rotatable bonds is 4. The maximum Gasteiger partial charge on any atom is 2.00 e. The second-order valence-corrected chi connectivity index (χ2v) is 7.91. The summed E-state index contributed by atoms with van der Waals surface area (Å²) in [5.41, 5.74) is -2.58. The number of hydrogen-bond donors (Lipinski definition) is 0. The van der Waals surface area contributed by atoms with Gasteiger partial charge in [-0.2, -0.15) is 43.0 Å². The van der Waals surface area contributed by atoms with Crippen LogP contribution in [-0.4, -0.2) is 9.97 Å². The molecule has 0 aliphatic heterocycles. The Kier molecular flexibility index (Phi) is 7.37. The van der Waals surface area contributed by atoms with Gasteiger partial charge in [-0.15, -0.1) is 11.6 Å². The molecule has 2 nitrogen and oxygen atoms in total. The molecule has 0 radical (unpaired) electrons. The van der Waals surface area contributed by atoms with Gasteiger partial charge in [-0.05, 0) is 18.2 Å². The molecule has 0 aliphatic rings. The largest absolute Gasteiger partial charge is 2.00 e. The maximum atomic E-state index is 15.1. The van der Waals surface area contributed by atoms with Crippen molar-refractivity contribution in [1.82, 2.24) is 9.97 Å². The first kappa shape index (κ1) is 25.7. The minimum absolute atomic E-state index is 0. The van der Waals surface area contributed by atoms with Gasteiger partial charge < -0.3 is 0 Å². The molecular weight excluding hydrogens is 630 g/mol. The van der Waals surface area contributed by atoms with Crippen LogP contribution in [0.5, 0.6) is 0 Å². The van der Waals surface area contributed by atoms with Crippen LogP contribution in [0.25, 0.3) is 22.4 Å². The van der Waals surface area contributed by atoms with Crippen molar-refractivity contribution in [2.75, 3.05) is 0 Å². The average Bonchev–Trinajstić information content (AvgIpc) is 2.79. The van der Waals surface area contributed by atoms with E-state index in [1.807, 2.05) is 26.0 Å². The molecule has 0 bridgehead atoms. The Morgan fingerprint density at radius 1 is 0.735 bits per heavy atom. The topological polar surface area (TPSA) is 25.8 Å². The quantitative estimate of drug-likeness (QED) is 0.176. The smallest absolute Gasteiger partial charge is 0.295 e. The third-order valence-electron chi connectivity index (χ3n) is 5.38. The Hall–Kier alpha value is -2.92. The van der Waals surface area contributed by atoms with E-state index in [2.05, 4.69) is 22.1 Å². The summed E-state index contributed by atoms with van der Waals surface area (Å²) in [7, 11) is 0. The molecule has 0 saturated carbocycles. The van der Waals surface area contributed by atoms with Crippen molar-refractivity contribution >= 4 is 0 Å². The van der Waals surface area contributed by atoms with E-state index in [-0.39, 0.29) is 32.3 Å². The van der Waals surface area contributed by atoms with E-state index >= 15 is 4.39 Å². The summed E-state index contributed by atoms with van der Waals surface area (Å²) in [5.74, 6) is -3.50. The second-order valence-electron chi connectivity index (χ2n) is 7.91. The number of benzene rings is 2. The van der Waals surface area contributed by atoms with Crippen molar-refractivity contribution in [2.24, 2.45) is 0 Å². The zero-order valence-electron chi connectivity index (χ0n) is 18.0. The van der Waals surface area contributed by atoms with Crippen LogP contribution >= 0.6 is 0 Å². The molecule has 0 amide bonds. The van der Waals surface area contributed by atoms with Gasteiger partial charge in [-0.25, -0.2) is 5.56 Å². The molecule has 0 spiro atoms. The van der Waals surface area contributed by atoms with Crippen LogP contribution in [0.3, 0.4) is 0 Å². The first-order valence-corrected chi connectivity index (χ1v) is 9.98.